The predicted octanol–water partition coefficient (Wildman–Crippen LogP) is 3.36. The van der Waals surface area contributed by atoms with Crippen LogP contribution in [0.15, 0.2) is 18.2 Å². The zero-order valence-corrected chi connectivity index (χ0v) is 13.3. The van der Waals surface area contributed by atoms with Gasteiger partial charge in [-0.2, -0.15) is 0 Å². The molecular weight excluding hydrogens is 291 g/mol. The van der Waals surface area contributed by atoms with Crippen molar-refractivity contribution in [2.45, 2.75) is 51.7 Å². The third kappa shape index (κ3) is 4.68. The highest BCUT2D eigenvalue weighted by atomic mass is 35.5. The van der Waals surface area contributed by atoms with Crippen LogP contribution in [0.4, 0.5) is 4.39 Å². The van der Waals surface area contributed by atoms with Gasteiger partial charge in [0.15, 0.2) is 0 Å². The third-order valence-corrected chi connectivity index (χ3v) is 3.94. The molecule has 1 saturated carbocycles. The van der Waals surface area contributed by atoms with Crippen molar-refractivity contribution < 1.29 is 9.18 Å². The van der Waals surface area contributed by atoms with E-state index >= 15 is 0 Å². The van der Waals surface area contributed by atoms with Crippen LogP contribution in [0, 0.1) is 5.82 Å². The van der Waals surface area contributed by atoms with E-state index in [1.165, 1.54) is 6.07 Å². The number of hydrogen-bond donors (Lipinski definition) is 1. The first kappa shape index (κ1) is 16.2. The van der Waals surface area contributed by atoms with E-state index in [-0.39, 0.29) is 24.3 Å². The van der Waals surface area contributed by atoms with Gasteiger partial charge in [-0.25, -0.2) is 4.39 Å². The Morgan fingerprint density at radius 2 is 2.19 bits per heavy atom. The number of rotatable bonds is 7. The van der Waals surface area contributed by atoms with Gasteiger partial charge in [-0.3, -0.25) is 4.79 Å². The number of benzene rings is 1. The van der Waals surface area contributed by atoms with Crippen molar-refractivity contribution in [2.75, 3.05) is 6.54 Å². The SMILES string of the molecule is CC(C)NCCC(=O)N(Cc1c(F)cccc1Cl)C1CC1. The first-order valence-electron chi connectivity index (χ1n) is 7.44. The molecule has 0 saturated heterocycles. The molecule has 5 heteroatoms. The normalized spacial score (nSPS) is 14.5. The molecule has 1 aromatic rings. The summed E-state index contributed by atoms with van der Waals surface area (Å²) in [6.45, 7) is 4.99. The molecule has 0 heterocycles. The third-order valence-electron chi connectivity index (χ3n) is 3.59. The monoisotopic (exact) mass is 312 g/mol. The highest BCUT2D eigenvalue weighted by molar-refractivity contribution is 6.31. The van der Waals surface area contributed by atoms with Crippen molar-refractivity contribution in [3.05, 3.63) is 34.6 Å². The molecule has 0 aliphatic heterocycles. The van der Waals surface area contributed by atoms with Crippen molar-refractivity contribution in [1.29, 1.82) is 0 Å². The van der Waals surface area contributed by atoms with Gasteiger partial charge in [0.25, 0.3) is 0 Å². The smallest absolute Gasteiger partial charge is 0.224 e. The van der Waals surface area contributed by atoms with Gasteiger partial charge in [0.05, 0.1) is 6.54 Å². The lowest BCUT2D eigenvalue weighted by atomic mass is 10.2. The van der Waals surface area contributed by atoms with E-state index in [2.05, 4.69) is 5.32 Å². The minimum atomic E-state index is -0.346. The molecule has 1 aliphatic carbocycles. The van der Waals surface area contributed by atoms with Crippen molar-refractivity contribution >= 4 is 17.5 Å². The summed E-state index contributed by atoms with van der Waals surface area (Å²) in [6.07, 6.45) is 2.42. The molecule has 0 unspecified atom stereocenters. The number of carbonyl (C=O) groups excluding carboxylic acids is 1. The highest BCUT2D eigenvalue weighted by Crippen LogP contribution is 2.31. The molecule has 0 radical (unpaired) electrons. The fraction of sp³-hybridized carbons (Fsp3) is 0.562. The van der Waals surface area contributed by atoms with Gasteiger partial charge in [-0.15, -0.1) is 0 Å². The molecule has 1 aromatic carbocycles. The summed E-state index contributed by atoms with van der Waals surface area (Å²) in [5, 5.41) is 3.61. The lowest BCUT2D eigenvalue weighted by molar-refractivity contribution is -0.132. The fourth-order valence-corrected chi connectivity index (χ4v) is 2.50. The molecule has 0 atom stereocenters. The first-order valence-corrected chi connectivity index (χ1v) is 7.82. The summed E-state index contributed by atoms with van der Waals surface area (Å²) in [5.74, 6) is -0.286. The van der Waals surface area contributed by atoms with Crippen LogP contribution in [-0.4, -0.2) is 29.4 Å². The molecule has 0 aromatic heterocycles. The Balaban J connectivity index is 2.01. The van der Waals surface area contributed by atoms with E-state index in [1.807, 2.05) is 13.8 Å². The van der Waals surface area contributed by atoms with Crippen LogP contribution in [-0.2, 0) is 11.3 Å². The number of halogens is 2. The summed E-state index contributed by atoms with van der Waals surface area (Å²) in [6, 6.07) is 5.23. The molecule has 1 amide bonds. The van der Waals surface area contributed by atoms with Gasteiger partial charge >= 0.3 is 0 Å². The van der Waals surface area contributed by atoms with Crippen LogP contribution in [0.5, 0.6) is 0 Å². The van der Waals surface area contributed by atoms with Crippen LogP contribution >= 0.6 is 11.6 Å². The average Bonchev–Trinajstić information content (AvgIpc) is 3.22. The molecule has 1 aliphatic rings. The minimum absolute atomic E-state index is 0.0602. The van der Waals surface area contributed by atoms with Crippen LogP contribution in [0.25, 0.3) is 0 Å². The number of carbonyl (C=O) groups is 1. The zero-order chi connectivity index (χ0) is 15.4. The first-order chi connectivity index (χ1) is 9.99. The largest absolute Gasteiger partial charge is 0.335 e. The second kappa shape index (κ2) is 7.23. The highest BCUT2D eigenvalue weighted by Gasteiger charge is 2.33. The van der Waals surface area contributed by atoms with Crippen LogP contribution in [0.2, 0.25) is 5.02 Å². The van der Waals surface area contributed by atoms with Gasteiger partial charge in [0.1, 0.15) is 5.82 Å². The second-order valence-electron chi connectivity index (χ2n) is 5.81. The standard InChI is InChI=1S/C16H22ClFN2O/c1-11(2)19-9-8-16(21)20(12-6-7-12)10-13-14(17)4-3-5-15(13)18/h3-5,11-12,19H,6-10H2,1-2H3. The zero-order valence-electron chi connectivity index (χ0n) is 12.5. The number of nitrogens with zero attached hydrogens (tertiary/aromatic N) is 1. The Labute approximate surface area is 130 Å². The van der Waals surface area contributed by atoms with Crippen LogP contribution in [0.3, 0.4) is 0 Å². The van der Waals surface area contributed by atoms with Gasteiger partial charge in [0.2, 0.25) is 5.91 Å². The molecule has 2 rings (SSSR count). The number of hydrogen-bond acceptors (Lipinski definition) is 2. The second-order valence-corrected chi connectivity index (χ2v) is 6.22. The average molecular weight is 313 g/mol. The summed E-state index contributed by atoms with van der Waals surface area (Å²) in [4.78, 5) is 14.1. The van der Waals surface area contributed by atoms with Crippen molar-refractivity contribution in [3.8, 4) is 0 Å². The van der Waals surface area contributed by atoms with E-state index in [1.54, 1.807) is 17.0 Å². The molecular formula is C16H22ClFN2O. The van der Waals surface area contributed by atoms with E-state index in [0.29, 0.717) is 29.6 Å². The van der Waals surface area contributed by atoms with Crippen LogP contribution < -0.4 is 5.32 Å². The molecule has 0 bridgehead atoms. The minimum Gasteiger partial charge on any atom is -0.335 e. The van der Waals surface area contributed by atoms with Gasteiger partial charge < -0.3 is 10.2 Å². The van der Waals surface area contributed by atoms with E-state index in [9.17, 15) is 9.18 Å². The summed E-state index contributed by atoms with van der Waals surface area (Å²) < 4.78 is 13.9. The van der Waals surface area contributed by atoms with E-state index in [4.69, 9.17) is 11.6 Å². The summed E-state index contributed by atoms with van der Waals surface area (Å²) in [5.41, 5.74) is 0.413. The number of amides is 1. The maximum absolute atomic E-state index is 13.9. The fourth-order valence-electron chi connectivity index (χ4n) is 2.27. The predicted molar refractivity (Wildman–Crippen MR) is 82.7 cm³/mol. The van der Waals surface area contributed by atoms with Gasteiger partial charge in [0, 0.05) is 35.6 Å². The quantitative estimate of drug-likeness (QED) is 0.837. The Hall–Kier alpha value is -1.13. The molecule has 0 spiro atoms. The Morgan fingerprint density at radius 3 is 2.76 bits per heavy atom. The van der Waals surface area contributed by atoms with Crippen molar-refractivity contribution in [3.63, 3.8) is 0 Å². The van der Waals surface area contributed by atoms with E-state index < -0.39 is 0 Å². The van der Waals surface area contributed by atoms with Crippen molar-refractivity contribution in [2.24, 2.45) is 0 Å². The maximum atomic E-state index is 13.9. The Kier molecular flexibility index (Phi) is 5.59. The topological polar surface area (TPSA) is 32.3 Å². The Morgan fingerprint density at radius 1 is 1.48 bits per heavy atom. The lowest BCUT2D eigenvalue weighted by Crippen LogP contribution is -2.36. The molecule has 1 fully saturated rings. The summed E-state index contributed by atoms with van der Waals surface area (Å²) >= 11 is 6.06. The Bertz CT molecular complexity index is 483. The van der Waals surface area contributed by atoms with Crippen molar-refractivity contribution in [1.82, 2.24) is 10.2 Å². The maximum Gasteiger partial charge on any atom is 0.224 e. The lowest BCUT2D eigenvalue weighted by Gasteiger charge is -2.23. The molecule has 3 nitrogen and oxygen atoms in total. The van der Waals surface area contributed by atoms with Crippen LogP contribution in [0.1, 0.15) is 38.7 Å². The van der Waals surface area contributed by atoms with Gasteiger partial charge in [-0.05, 0) is 25.0 Å². The van der Waals surface area contributed by atoms with E-state index in [0.717, 1.165) is 12.8 Å². The number of nitrogens with one attached hydrogen (secondary N) is 1. The van der Waals surface area contributed by atoms with Gasteiger partial charge in [-0.1, -0.05) is 31.5 Å². The molecule has 116 valence electrons. The molecule has 21 heavy (non-hydrogen) atoms. The summed E-state index contributed by atoms with van der Waals surface area (Å²) in [7, 11) is 0. The molecule has 1 N–H and O–H groups in total.